The number of hydrogen-bond acceptors (Lipinski definition) is 5. The van der Waals surface area contributed by atoms with Crippen LogP contribution >= 0.6 is 0 Å². The summed E-state index contributed by atoms with van der Waals surface area (Å²) >= 11 is 0. The Morgan fingerprint density at radius 1 is 1.35 bits per heavy atom. The van der Waals surface area contributed by atoms with Crippen LogP contribution in [0.15, 0.2) is 28.8 Å². The van der Waals surface area contributed by atoms with E-state index in [4.69, 9.17) is 9.26 Å². The molecule has 4 rings (SSSR count). The van der Waals surface area contributed by atoms with E-state index in [-0.39, 0.29) is 17.9 Å². The number of carbonyl (C=O) groups is 1. The van der Waals surface area contributed by atoms with E-state index in [9.17, 15) is 4.79 Å². The van der Waals surface area contributed by atoms with Gasteiger partial charge in [-0.3, -0.25) is 4.79 Å². The molecule has 2 unspecified atom stereocenters. The third kappa shape index (κ3) is 2.58. The molecule has 1 aromatic carbocycles. The summed E-state index contributed by atoms with van der Waals surface area (Å²) in [6.07, 6.45) is 2.58. The van der Waals surface area contributed by atoms with Gasteiger partial charge in [0.15, 0.2) is 5.82 Å². The van der Waals surface area contributed by atoms with Crippen molar-refractivity contribution in [1.29, 1.82) is 0 Å². The maximum absolute atomic E-state index is 13.0. The van der Waals surface area contributed by atoms with E-state index in [1.165, 1.54) is 0 Å². The van der Waals surface area contributed by atoms with Crippen LogP contribution in [-0.2, 0) is 11.2 Å². The third-order valence-electron chi connectivity index (χ3n) is 4.61. The minimum Gasteiger partial charge on any atom is -0.492 e. The summed E-state index contributed by atoms with van der Waals surface area (Å²) in [5, 5.41) is 4.00. The van der Waals surface area contributed by atoms with Gasteiger partial charge in [0.1, 0.15) is 12.4 Å². The van der Waals surface area contributed by atoms with Crippen LogP contribution in [-0.4, -0.2) is 34.1 Å². The Labute approximate surface area is 134 Å². The molecule has 2 atom stereocenters. The van der Waals surface area contributed by atoms with Crippen molar-refractivity contribution in [3.8, 4) is 5.75 Å². The number of ether oxygens (including phenoxy) is 1. The first-order valence-electron chi connectivity index (χ1n) is 8.04. The molecule has 0 N–H and O–H groups in total. The van der Waals surface area contributed by atoms with Crippen LogP contribution in [0.2, 0.25) is 0 Å². The normalized spacial score (nSPS) is 23.4. The van der Waals surface area contributed by atoms with Crippen molar-refractivity contribution in [2.45, 2.75) is 32.2 Å². The Hall–Kier alpha value is -2.37. The lowest BCUT2D eigenvalue weighted by atomic mass is 9.95. The fourth-order valence-corrected chi connectivity index (χ4v) is 3.47. The molecule has 2 aromatic rings. The Bertz CT molecular complexity index is 727. The highest BCUT2D eigenvalue weighted by Gasteiger charge is 2.37. The highest BCUT2D eigenvalue weighted by atomic mass is 16.5. The van der Waals surface area contributed by atoms with Crippen LogP contribution < -0.4 is 4.74 Å². The van der Waals surface area contributed by atoms with Gasteiger partial charge >= 0.3 is 0 Å². The first-order chi connectivity index (χ1) is 11.2. The first kappa shape index (κ1) is 14.2. The molecule has 0 spiro atoms. The second-order valence-corrected chi connectivity index (χ2v) is 6.18. The lowest BCUT2D eigenvalue weighted by Crippen LogP contribution is -2.40. The van der Waals surface area contributed by atoms with Gasteiger partial charge in [-0.1, -0.05) is 23.4 Å². The van der Waals surface area contributed by atoms with Gasteiger partial charge < -0.3 is 14.2 Å². The van der Waals surface area contributed by atoms with Crippen LogP contribution in [0.5, 0.6) is 5.75 Å². The molecule has 0 bridgehead atoms. The largest absolute Gasteiger partial charge is 0.492 e. The summed E-state index contributed by atoms with van der Waals surface area (Å²) in [6.45, 7) is 2.95. The SMILES string of the molecule is Cc1nc(C2CCCN2C(=O)C2COc3ccccc3C2)no1. The van der Waals surface area contributed by atoms with Gasteiger partial charge in [-0.15, -0.1) is 0 Å². The van der Waals surface area contributed by atoms with Crippen LogP contribution in [0.1, 0.15) is 36.2 Å². The number of likely N-dealkylation sites (tertiary alicyclic amines) is 1. The van der Waals surface area contributed by atoms with E-state index in [2.05, 4.69) is 10.1 Å². The molecule has 0 radical (unpaired) electrons. The smallest absolute Gasteiger partial charge is 0.230 e. The molecule has 1 amide bonds. The summed E-state index contributed by atoms with van der Waals surface area (Å²) in [5.74, 6) is 2.03. The fourth-order valence-electron chi connectivity index (χ4n) is 3.47. The number of amides is 1. The molecule has 0 aliphatic carbocycles. The zero-order chi connectivity index (χ0) is 15.8. The monoisotopic (exact) mass is 313 g/mol. The number of fused-ring (bicyclic) bond motifs is 1. The van der Waals surface area contributed by atoms with E-state index >= 15 is 0 Å². The van der Waals surface area contributed by atoms with Gasteiger partial charge in [0.2, 0.25) is 11.8 Å². The van der Waals surface area contributed by atoms with Gasteiger partial charge in [0.25, 0.3) is 0 Å². The number of aromatic nitrogens is 2. The molecule has 2 aliphatic rings. The molecule has 120 valence electrons. The fraction of sp³-hybridized carbons (Fsp3) is 0.471. The quantitative estimate of drug-likeness (QED) is 0.851. The minimum absolute atomic E-state index is 0.0721. The maximum atomic E-state index is 13.0. The number of nitrogens with zero attached hydrogens (tertiary/aromatic N) is 3. The maximum Gasteiger partial charge on any atom is 0.230 e. The van der Waals surface area contributed by atoms with Crippen LogP contribution in [0.4, 0.5) is 0 Å². The van der Waals surface area contributed by atoms with E-state index in [1.807, 2.05) is 29.2 Å². The number of para-hydroxylation sites is 1. The highest BCUT2D eigenvalue weighted by Crippen LogP contribution is 2.34. The number of hydrogen-bond donors (Lipinski definition) is 0. The van der Waals surface area contributed by atoms with Crippen molar-refractivity contribution in [3.63, 3.8) is 0 Å². The molecule has 1 fully saturated rings. The third-order valence-corrected chi connectivity index (χ3v) is 4.61. The minimum atomic E-state index is -0.140. The predicted octanol–water partition coefficient (Wildman–Crippen LogP) is 2.29. The second kappa shape index (κ2) is 5.68. The topological polar surface area (TPSA) is 68.5 Å². The number of benzene rings is 1. The Morgan fingerprint density at radius 3 is 3.04 bits per heavy atom. The molecule has 1 saturated heterocycles. The van der Waals surface area contributed by atoms with Crippen LogP contribution in [0, 0.1) is 12.8 Å². The van der Waals surface area contributed by atoms with E-state index in [1.54, 1.807) is 6.92 Å². The van der Waals surface area contributed by atoms with Gasteiger partial charge in [0, 0.05) is 13.5 Å². The second-order valence-electron chi connectivity index (χ2n) is 6.18. The van der Waals surface area contributed by atoms with E-state index in [0.29, 0.717) is 18.3 Å². The zero-order valence-corrected chi connectivity index (χ0v) is 13.1. The van der Waals surface area contributed by atoms with Crippen molar-refractivity contribution in [1.82, 2.24) is 15.0 Å². The number of aryl methyl sites for hydroxylation is 1. The molecule has 6 heteroatoms. The first-order valence-corrected chi connectivity index (χ1v) is 8.04. The molecule has 0 saturated carbocycles. The van der Waals surface area contributed by atoms with Crippen molar-refractivity contribution in [3.05, 3.63) is 41.5 Å². The zero-order valence-electron chi connectivity index (χ0n) is 13.1. The van der Waals surface area contributed by atoms with E-state index in [0.717, 1.165) is 37.1 Å². The van der Waals surface area contributed by atoms with Gasteiger partial charge in [-0.2, -0.15) is 4.98 Å². The van der Waals surface area contributed by atoms with Crippen molar-refractivity contribution in [2.24, 2.45) is 5.92 Å². The summed E-state index contributed by atoms with van der Waals surface area (Å²) < 4.78 is 10.8. The summed E-state index contributed by atoms with van der Waals surface area (Å²) in [7, 11) is 0. The van der Waals surface area contributed by atoms with Gasteiger partial charge in [-0.05, 0) is 30.9 Å². The molecular weight excluding hydrogens is 294 g/mol. The molecule has 3 heterocycles. The lowest BCUT2D eigenvalue weighted by Gasteiger charge is -2.30. The van der Waals surface area contributed by atoms with Crippen LogP contribution in [0.25, 0.3) is 0 Å². The highest BCUT2D eigenvalue weighted by molar-refractivity contribution is 5.80. The van der Waals surface area contributed by atoms with E-state index < -0.39 is 0 Å². The summed E-state index contributed by atoms with van der Waals surface area (Å²) in [6, 6.07) is 7.85. The molecule has 6 nitrogen and oxygen atoms in total. The van der Waals surface area contributed by atoms with Crippen LogP contribution in [0.3, 0.4) is 0 Å². The lowest BCUT2D eigenvalue weighted by molar-refractivity contribution is -0.138. The molecular formula is C17H19N3O3. The Balaban J connectivity index is 1.52. The number of rotatable bonds is 2. The van der Waals surface area contributed by atoms with Gasteiger partial charge in [-0.25, -0.2) is 0 Å². The van der Waals surface area contributed by atoms with Crippen molar-refractivity contribution < 1.29 is 14.1 Å². The Morgan fingerprint density at radius 2 is 2.22 bits per heavy atom. The van der Waals surface area contributed by atoms with Gasteiger partial charge in [0.05, 0.1) is 12.0 Å². The van der Waals surface area contributed by atoms with Crippen molar-refractivity contribution in [2.75, 3.05) is 13.2 Å². The number of carbonyl (C=O) groups excluding carboxylic acids is 1. The average Bonchev–Trinajstić information content (AvgIpc) is 3.22. The molecule has 23 heavy (non-hydrogen) atoms. The average molecular weight is 313 g/mol. The predicted molar refractivity (Wildman–Crippen MR) is 81.9 cm³/mol. The molecule has 2 aliphatic heterocycles. The van der Waals surface area contributed by atoms with Crippen molar-refractivity contribution >= 4 is 5.91 Å². The molecule has 1 aromatic heterocycles. The standard InChI is InChI=1S/C17H19N3O3/c1-11-18-16(19-23-11)14-6-4-8-20(14)17(21)13-9-12-5-2-3-7-15(12)22-10-13/h2-3,5,7,13-14H,4,6,8-10H2,1H3. The summed E-state index contributed by atoms with van der Waals surface area (Å²) in [5.41, 5.74) is 1.10. The summed E-state index contributed by atoms with van der Waals surface area (Å²) in [4.78, 5) is 19.2. The Kier molecular flexibility index (Phi) is 3.52.